The fourth-order valence-corrected chi connectivity index (χ4v) is 2.30. The van der Waals surface area contributed by atoms with E-state index in [1.54, 1.807) is 0 Å². The van der Waals surface area contributed by atoms with Crippen molar-refractivity contribution in [1.82, 2.24) is 0 Å². The van der Waals surface area contributed by atoms with E-state index in [0.29, 0.717) is 0 Å². The number of benzene rings is 1. The second kappa shape index (κ2) is 4.26. The molecule has 1 aliphatic rings. The van der Waals surface area contributed by atoms with Crippen LogP contribution in [0, 0.1) is 0 Å². The summed E-state index contributed by atoms with van der Waals surface area (Å²) < 4.78 is 6.62. The zero-order valence-electron chi connectivity index (χ0n) is 9.59. The summed E-state index contributed by atoms with van der Waals surface area (Å²) in [4.78, 5) is 0. The highest BCUT2D eigenvalue weighted by Gasteiger charge is 2.37. The van der Waals surface area contributed by atoms with Gasteiger partial charge in [0.25, 0.3) is 0 Å². The van der Waals surface area contributed by atoms with Crippen LogP contribution in [0.2, 0.25) is 0 Å². The van der Waals surface area contributed by atoms with Crippen LogP contribution in [-0.4, -0.2) is 18.2 Å². The van der Waals surface area contributed by atoms with Gasteiger partial charge >= 0.3 is 0 Å². The highest BCUT2D eigenvalue weighted by molar-refractivity contribution is 9.10. The van der Waals surface area contributed by atoms with E-state index in [1.165, 1.54) is 0 Å². The molecule has 2 rings (SSSR count). The van der Waals surface area contributed by atoms with E-state index >= 15 is 0 Å². The molecule has 0 amide bonds. The summed E-state index contributed by atoms with van der Waals surface area (Å²) in [7, 11) is 0. The second-order valence-electron chi connectivity index (χ2n) is 4.54. The highest BCUT2D eigenvalue weighted by Crippen LogP contribution is 2.33. The van der Waals surface area contributed by atoms with E-state index in [1.807, 2.05) is 18.2 Å². The Morgan fingerprint density at radius 3 is 2.94 bits per heavy atom. The highest BCUT2D eigenvalue weighted by atomic mass is 79.9. The van der Waals surface area contributed by atoms with E-state index in [0.717, 1.165) is 28.9 Å². The van der Waals surface area contributed by atoms with Gasteiger partial charge in [-0.2, -0.15) is 0 Å². The standard InChI is InChI=1S/C12H17BrN2O/c1-8-12(2,5-6-16-8)15-11-7-9(13)3-4-10(11)14/h3-4,7-8,15H,5-6,14H2,1-2H3. The van der Waals surface area contributed by atoms with Gasteiger partial charge in [-0.05, 0) is 38.5 Å². The number of hydrogen-bond donors (Lipinski definition) is 2. The van der Waals surface area contributed by atoms with Crippen LogP contribution in [0.4, 0.5) is 11.4 Å². The van der Waals surface area contributed by atoms with Crippen LogP contribution in [-0.2, 0) is 4.74 Å². The van der Waals surface area contributed by atoms with Gasteiger partial charge in [0.2, 0.25) is 0 Å². The summed E-state index contributed by atoms with van der Waals surface area (Å²) in [5.74, 6) is 0. The Hall–Kier alpha value is -0.740. The maximum absolute atomic E-state index is 5.95. The van der Waals surface area contributed by atoms with Gasteiger partial charge in [0, 0.05) is 11.1 Å². The lowest BCUT2D eigenvalue weighted by Crippen LogP contribution is -2.41. The zero-order valence-corrected chi connectivity index (χ0v) is 11.2. The lowest BCUT2D eigenvalue weighted by atomic mass is 9.94. The Balaban J connectivity index is 2.23. The Labute approximate surface area is 104 Å². The van der Waals surface area contributed by atoms with Crippen LogP contribution in [0.3, 0.4) is 0 Å². The fraction of sp³-hybridized carbons (Fsp3) is 0.500. The predicted molar refractivity (Wildman–Crippen MR) is 70.6 cm³/mol. The van der Waals surface area contributed by atoms with E-state index in [9.17, 15) is 0 Å². The van der Waals surface area contributed by atoms with Gasteiger partial charge in [0.05, 0.1) is 23.0 Å². The minimum absolute atomic E-state index is 0.0328. The molecule has 3 N–H and O–H groups in total. The van der Waals surface area contributed by atoms with E-state index < -0.39 is 0 Å². The Morgan fingerprint density at radius 2 is 2.31 bits per heavy atom. The van der Waals surface area contributed by atoms with Crippen molar-refractivity contribution in [2.45, 2.75) is 31.9 Å². The van der Waals surface area contributed by atoms with Gasteiger partial charge in [0.15, 0.2) is 0 Å². The van der Waals surface area contributed by atoms with Gasteiger partial charge in [-0.15, -0.1) is 0 Å². The maximum atomic E-state index is 5.95. The van der Waals surface area contributed by atoms with Crippen LogP contribution in [0.1, 0.15) is 20.3 Å². The average Bonchev–Trinajstić information content (AvgIpc) is 2.53. The van der Waals surface area contributed by atoms with Crippen molar-refractivity contribution in [1.29, 1.82) is 0 Å². The molecular weight excluding hydrogens is 268 g/mol. The SMILES string of the molecule is CC1OCCC1(C)Nc1cc(Br)ccc1N. The van der Waals surface area contributed by atoms with Crippen LogP contribution in [0.25, 0.3) is 0 Å². The van der Waals surface area contributed by atoms with Crippen molar-refractivity contribution >= 4 is 27.3 Å². The molecule has 0 radical (unpaired) electrons. The molecule has 1 fully saturated rings. The molecule has 1 aliphatic heterocycles. The van der Waals surface area contributed by atoms with Crippen LogP contribution in [0.15, 0.2) is 22.7 Å². The second-order valence-corrected chi connectivity index (χ2v) is 5.45. The molecule has 2 atom stereocenters. The first kappa shape index (κ1) is 11.7. The number of hydrogen-bond acceptors (Lipinski definition) is 3. The first-order chi connectivity index (χ1) is 7.51. The van der Waals surface area contributed by atoms with Gasteiger partial charge in [-0.3, -0.25) is 0 Å². The monoisotopic (exact) mass is 284 g/mol. The third-order valence-corrected chi connectivity index (χ3v) is 3.82. The summed E-state index contributed by atoms with van der Waals surface area (Å²) in [6.07, 6.45) is 1.20. The number of nitrogens with two attached hydrogens (primary N) is 1. The maximum Gasteiger partial charge on any atom is 0.0774 e. The van der Waals surface area contributed by atoms with Crippen molar-refractivity contribution in [3.63, 3.8) is 0 Å². The molecule has 0 aliphatic carbocycles. The molecule has 1 aromatic carbocycles. The minimum atomic E-state index is -0.0328. The lowest BCUT2D eigenvalue weighted by molar-refractivity contribution is 0.105. The van der Waals surface area contributed by atoms with Crippen LogP contribution in [0.5, 0.6) is 0 Å². The van der Waals surface area contributed by atoms with E-state index in [-0.39, 0.29) is 11.6 Å². The Morgan fingerprint density at radius 1 is 1.56 bits per heavy atom. The number of nitrogen functional groups attached to an aromatic ring is 1. The Bertz CT molecular complexity index is 397. The first-order valence-electron chi connectivity index (χ1n) is 5.46. The molecule has 4 heteroatoms. The molecule has 0 saturated carbocycles. The van der Waals surface area contributed by atoms with Gasteiger partial charge in [-0.25, -0.2) is 0 Å². The van der Waals surface area contributed by atoms with Crippen LogP contribution < -0.4 is 11.1 Å². The summed E-state index contributed by atoms with van der Waals surface area (Å²) in [6, 6.07) is 5.85. The molecule has 1 heterocycles. The Kier molecular flexibility index (Phi) is 3.13. The number of anilines is 2. The molecule has 16 heavy (non-hydrogen) atoms. The minimum Gasteiger partial charge on any atom is -0.397 e. The molecule has 3 nitrogen and oxygen atoms in total. The predicted octanol–water partition coefficient (Wildman–Crippen LogP) is 3.01. The summed E-state index contributed by atoms with van der Waals surface area (Å²) >= 11 is 3.45. The van der Waals surface area contributed by atoms with Gasteiger partial charge < -0.3 is 15.8 Å². The van der Waals surface area contributed by atoms with E-state index in [4.69, 9.17) is 10.5 Å². The molecule has 0 bridgehead atoms. The zero-order chi connectivity index (χ0) is 11.8. The van der Waals surface area contributed by atoms with Crippen molar-refractivity contribution in [2.24, 2.45) is 0 Å². The third kappa shape index (κ3) is 2.18. The fourth-order valence-electron chi connectivity index (χ4n) is 1.94. The number of ether oxygens (including phenoxy) is 1. The number of halogens is 1. The van der Waals surface area contributed by atoms with E-state index in [2.05, 4.69) is 35.1 Å². The van der Waals surface area contributed by atoms with Crippen molar-refractivity contribution in [3.8, 4) is 0 Å². The normalized spacial score (nSPS) is 29.3. The van der Waals surface area contributed by atoms with Gasteiger partial charge in [-0.1, -0.05) is 15.9 Å². The third-order valence-electron chi connectivity index (χ3n) is 3.32. The molecule has 1 aromatic rings. The number of rotatable bonds is 2. The topological polar surface area (TPSA) is 47.3 Å². The lowest BCUT2D eigenvalue weighted by Gasteiger charge is -2.30. The quantitative estimate of drug-likeness (QED) is 0.821. The number of nitrogens with one attached hydrogen (secondary N) is 1. The summed E-state index contributed by atoms with van der Waals surface area (Å²) in [5, 5.41) is 3.50. The molecule has 2 unspecified atom stereocenters. The largest absolute Gasteiger partial charge is 0.397 e. The smallest absolute Gasteiger partial charge is 0.0774 e. The molecule has 0 aromatic heterocycles. The molecular formula is C12H17BrN2O. The van der Waals surface area contributed by atoms with Crippen molar-refractivity contribution in [2.75, 3.05) is 17.7 Å². The average molecular weight is 285 g/mol. The van der Waals surface area contributed by atoms with Gasteiger partial charge in [0.1, 0.15) is 0 Å². The van der Waals surface area contributed by atoms with Crippen molar-refractivity contribution in [3.05, 3.63) is 22.7 Å². The molecule has 0 spiro atoms. The van der Waals surface area contributed by atoms with Crippen molar-refractivity contribution < 1.29 is 4.74 Å². The van der Waals surface area contributed by atoms with Crippen LogP contribution >= 0.6 is 15.9 Å². The molecule has 88 valence electrons. The first-order valence-corrected chi connectivity index (χ1v) is 6.25. The molecule has 1 saturated heterocycles. The summed E-state index contributed by atoms with van der Waals surface area (Å²) in [6.45, 7) is 5.07. The summed E-state index contributed by atoms with van der Waals surface area (Å²) in [5.41, 5.74) is 7.65.